The summed E-state index contributed by atoms with van der Waals surface area (Å²) in [5.41, 5.74) is 5.39. The maximum atomic E-state index is 10.9. The summed E-state index contributed by atoms with van der Waals surface area (Å²) in [5, 5.41) is 0. The standard InChI is InChI=1S/C8H11NO4S/c1-2-13-7-5-3-4-6(9)8(7)14(10,11)12/h3-5H,2,9H2,1H3,(H,10,11,12). The number of rotatable bonds is 3. The highest BCUT2D eigenvalue weighted by Gasteiger charge is 2.19. The SMILES string of the molecule is CCOc1cccc(N)c1S(=O)(=O)O. The zero-order valence-corrected chi connectivity index (χ0v) is 8.41. The van der Waals surface area contributed by atoms with Crippen molar-refractivity contribution in [1.82, 2.24) is 0 Å². The minimum absolute atomic E-state index is 0.0292. The van der Waals surface area contributed by atoms with Gasteiger partial charge in [-0.05, 0) is 19.1 Å². The lowest BCUT2D eigenvalue weighted by molar-refractivity contribution is 0.330. The minimum Gasteiger partial charge on any atom is -0.492 e. The van der Waals surface area contributed by atoms with Gasteiger partial charge in [0.1, 0.15) is 5.75 Å². The second kappa shape index (κ2) is 3.85. The van der Waals surface area contributed by atoms with Gasteiger partial charge in [-0.2, -0.15) is 8.42 Å². The molecule has 0 fully saturated rings. The molecule has 78 valence electrons. The molecule has 0 radical (unpaired) electrons. The van der Waals surface area contributed by atoms with Crippen LogP contribution in [0.25, 0.3) is 0 Å². The molecule has 0 heterocycles. The predicted molar refractivity (Wildman–Crippen MR) is 51.8 cm³/mol. The van der Waals surface area contributed by atoms with Gasteiger partial charge >= 0.3 is 0 Å². The molecule has 3 N–H and O–H groups in total. The lowest BCUT2D eigenvalue weighted by Gasteiger charge is -2.09. The Kier molecular flexibility index (Phi) is 2.97. The first-order chi connectivity index (χ1) is 6.46. The van der Waals surface area contributed by atoms with E-state index in [2.05, 4.69) is 0 Å². The van der Waals surface area contributed by atoms with Gasteiger partial charge in [-0.25, -0.2) is 0 Å². The normalized spacial score (nSPS) is 11.3. The largest absolute Gasteiger partial charge is 0.492 e. The molecular formula is C8H11NO4S. The Bertz CT molecular complexity index is 427. The van der Waals surface area contributed by atoms with Gasteiger partial charge in [0, 0.05) is 0 Å². The summed E-state index contributed by atoms with van der Waals surface area (Å²) in [6.45, 7) is 2.00. The monoisotopic (exact) mass is 217 g/mol. The van der Waals surface area contributed by atoms with E-state index in [0.29, 0.717) is 6.61 Å². The number of anilines is 1. The van der Waals surface area contributed by atoms with Gasteiger partial charge in [0.25, 0.3) is 10.1 Å². The molecule has 0 aromatic heterocycles. The molecule has 0 aliphatic heterocycles. The van der Waals surface area contributed by atoms with Crippen molar-refractivity contribution in [2.45, 2.75) is 11.8 Å². The molecule has 0 aliphatic rings. The summed E-state index contributed by atoms with van der Waals surface area (Å²) in [7, 11) is -4.34. The maximum absolute atomic E-state index is 10.9. The van der Waals surface area contributed by atoms with Crippen LogP contribution in [-0.4, -0.2) is 19.6 Å². The zero-order valence-electron chi connectivity index (χ0n) is 7.60. The van der Waals surface area contributed by atoms with E-state index in [0.717, 1.165) is 0 Å². The maximum Gasteiger partial charge on any atom is 0.300 e. The predicted octanol–water partition coefficient (Wildman–Crippen LogP) is 0.914. The molecule has 1 rings (SSSR count). The van der Waals surface area contributed by atoms with Crippen molar-refractivity contribution >= 4 is 15.8 Å². The van der Waals surface area contributed by atoms with Crippen LogP contribution >= 0.6 is 0 Å². The third kappa shape index (κ3) is 2.15. The van der Waals surface area contributed by atoms with Crippen molar-refractivity contribution in [2.75, 3.05) is 12.3 Å². The number of ether oxygens (including phenoxy) is 1. The van der Waals surface area contributed by atoms with E-state index >= 15 is 0 Å². The summed E-state index contributed by atoms with van der Waals surface area (Å²) in [6, 6.07) is 4.36. The highest BCUT2D eigenvalue weighted by atomic mass is 32.2. The van der Waals surface area contributed by atoms with Crippen molar-refractivity contribution in [3.63, 3.8) is 0 Å². The van der Waals surface area contributed by atoms with Crippen molar-refractivity contribution < 1.29 is 17.7 Å². The zero-order chi connectivity index (χ0) is 10.8. The van der Waals surface area contributed by atoms with E-state index in [9.17, 15) is 8.42 Å². The Labute approximate surface area is 82.2 Å². The van der Waals surface area contributed by atoms with E-state index in [-0.39, 0.29) is 16.3 Å². The van der Waals surface area contributed by atoms with Crippen LogP contribution in [0.4, 0.5) is 5.69 Å². The van der Waals surface area contributed by atoms with Gasteiger partial charge in [-0.3, -0.25) is 4.55 Å². The Morgan fingerprint density at radius 2 is 2.14 bits per heavy atom. The Hall–Kier alpha value is -1.27. The number of hydrogen-bond donors (Lipinski definition) is 2. The van der Waals surface area contributed by atoms with Crippen molar-refractivity contribution in [1.29, 1.82) is 0 Å². The highest BCUT2D eigenvalue weighted by Crippen LogP contribution is 2.28. The van der Waals surface area contributed by atoms with Crippen LogP contribution < -0.4 is 10.5 Å². The molecule has 0 saturated carbocycles. The van der Waals surface area contributed by atoms with Gasteiger partial charge in [0.05, 0.1) is 12.3 Å². The molecular weight excluding hydrogens is 206 g/mol. The second-order valence-electron chi connectivity index (χ2n) is 2.58. The topological polar surface area (TPSA) is 89.6 Å². The van der Waals surface area contributed by atoms with Gasteiger partial charge in [-0.1, -0.05) is 6.07 Å². The van der Waals surface area contributed by atoms with Crippen molar-refractivity contribution in [3.8, 4) is 5.75 Å². The summed E-state index contributed by atoms with van der Waals surface area (Å²) < 4.78 is 35.8. The average Bonchev–Trinajstić information content (AvgIpc) is 2.02. The van der Waals surface area contributed by atoms with Crippen molar-refractivity contribution in [3.05, 3.63) is 18.2 Å². The molecule has 0 unspecified atom stereocenters. The van der Waals surface area contributed by atoms with Crippen LogP contribution in [0.3, 0.4) is 0 Å². The van der Waals surface area contributed by atoms with Gasteiger partial charge < -0.3 is 10.5 Å². The fraction of sp³-hybridized carbons (Fsp3) is 0.250. The number of nitrogens with two attached hydrogens (primary N) is 1. The van der Waals surface area contributed by atoms with Gasteiger partial charge in [0.2, 0.25) is 0 Å². The Morgan fingerprint density at radius 1 is 1.50 bits per heavy atom. The molecule has 6 heteroatoms. The second-order valence-corrected chi connectivity index (χ2v) is 3.94. The lowest BCUT2D eigenvalue weighted by Crippen LogP contribution is -2.06. The third-order valence-electron chi connectivity index (χ3n) is 1.57. The molecule has 0 spiro atoms. The third-order valence-corrected chi connectivity index (χ3v) is 2.52. The van der Waals surface area contributed by atoms with Crippen LogP contribution in [0.15, 0.2) is 23.1 Å². The molecule has 14 heavy (non-hydrogen) atoms. The summed E-state index contributed by atoms with van der Waals surface area (Å²) in [6.07, 6.45) is 0. The summed E-state index contributed by atoms with van der Waals surface area (Å²) >= 11 is 0. The molecule has 0 bridgehead atoms. The molecule has 0 aliphatic carbocycles. The van der Waals surface area contributed by atoms with E-state index in [1.165, 1.54) is 12.1 Å². The average molecular weight is 217 g/mol. The fourth-order valence-corrected chi connectivity index (χ4v) is 1.83. The van der Waals surface area contributed by atoms with E-state index in [4.69, 9.17) is 15.0 Å². The number of benzene rings is 1. The summed E-state index contributed by atoms with van der Waals surface area (Å²) in [5.74, 6) is 0.0648. The molecule has 0 saturated heterocycles. The van der Waals surface area contributed by atoms with Crippen LogP contribution in [0, 0.1) is 0 Å². The lowest BCUT2D eigenvalue weighted by atomic mass is 10.3. The van der Waals surface area contributed by atoms with Crippen LogP contribution in [0.2, 0.25) is 0 Å². The highest BCUT2D eigenvalue weighted by molar-refractivity contribution is 7.86. The molecule has 1 aromatic rings. The van der Waals surface area contributed by atoms with Crippen molar-refractivity contribution in [2.24, 2.45) is 0 Å². The Morgan fingerprint density at radius 3 is 2.64 bits per heavy atom. The Balaban J connectivity index is 3.37. The van der Waals surface area contributed by atoms with Gasteiger partial charge in [0.15, 0.2) is 4.90 Å². The number of hydrogen-bond acceptors (Lipinski definition) is 4. The van der Waals surface area contributed by atoms with Crippen LogP contribution in [0.1, 0.15) is 6.92 Å². The van der Waals surface area contributed by atoms with Crippen LogP contribution in [-0.2, 0) is 10.1 Å². The van der Waals surface area contributed by atoms with E-state index < -0.39 is 10.1 Å². The first-order valence-corrected chi connectivity index (χ1v) is 5.39. The molecule has 1 aromatic carbocycles. The minimum atomic E-state index is -4.34. The van der Waals surface area contributed by atoms with E-state index in [1.807, 2.05) is 0 Å². The first kappa shape index (κ1) is 10.8. The van der Waals surface area contributed by atoms with Crippen LogP contribution in [0.5, 0.6) is 5.75 Å². The molecule has 0 atom stereocenters. The number of nitrogen functional groups attached to an aromatic ring is 1. The summed E-state index contributed by atoms with van der Waals surface area (Å²) in [4.78, 5) is -0.373. The van der Waals surface area contributed by atoms with Gasteiger partial charge in [-0.15, -0.1) is 0 Å². The smallest absolute Gasteiger partial charge is 0.300 e. The molecule has 5 nitrogen and oxygen atoms in total. The first-order valence-electron chi connectivity index (χ1n) is 3.95. The molecule has 0 amide bonds. The quantitative estimate of drug-likeness (QED) is 0.580. The fourth-order valence-electron chi connectivity index (χ4n) is 1.08. The van der Waals surface area contributed by atoms with E-state index in [1.54, 1.807) is 13.0 Å².